The zero-order valence-electron chi connectivity index (χ0n) is 11.2. The molecule has 0 aromatic carbocycles. The Kier molecular flexibility index (Phi) is 3.80. The van der Waals surface area contributed by atoms with Crippen molar-refractivity contribution in [1.29, 1.82) is 0 Å². The van der Waals surface area contributed by atoms with Gasteiger partial charge in [0.05, 0.1) is 0 Å². The molecule has 86 valence electrons. The Hall–Kier alpha value is -0.770. The second-order valence-corrected chi connectivity index (χ2v) is 5.96. The highest BCUT2D eigenvalue weighted by Crippen LogP contribution is 2.44. The Morgan fingerprint density at radius 1 is 1.13 bits per heavy atom. The molecule has 0 atom stereocenters. The lowest BCUT2D eigenvalue weighted by Crippen LogP contribution is -2.45. The van der Waals surface area contributed by atoms with E-state index in [-0.39, 0.29) is 11.2 Å². The van der Waals surface area contributed by atoms with Crippen molar-refractivity contribution in [2.45, 2.75) is 54.9 Å². The van der Waals surface area contributed by atoms with Crippen LogP contribution in [0.4, 0.5) is 0 Å². The molecule has 0 spiro atoms. The average molecular weight is 208 g/mol. The summed E-state index contributed by atoms with van der Waals surface area (Å²) in [7, 11) is 0. The van der Waals surface area contributed by atoms with Crippen LogP contribution < -0.4 is 0 Å². The van der Waals surface area contributed by atoms with Gasteiger partial charge in [-0.05, 0) is 20.3 Å². The van der Waals surface area contributed by atoms with E-state index >= 15 is 0 Å². The maximum atomic E-state index is 12.4. The number of rotatable bonds is 4. The molecule has 0 aromatic rings. The molecule has 0 aromatic heterocycles. The Bertz CT molecular complexity index is 287. The number of terminal acetylenes is 1. The average Bonchev–Trinajstić information content (AvgIpc) is 2.16. The first-order chi connectivity index (χ1) is 6.53. The van der Waals surface area contributed by atoms with Crippen molar-refractivity contribution in [3.05, 3.63) is 0 Å². The summed E-state index contributed by atoms with van der Waals surface area (Å²) in [6, 6.07) is 0. The molecule has 0 fully saturated rings. The summed E-state index contributed by atoms with van der Waals surface area (Å²) < 4.78 is 0. The highest BCUT2D eigenvalue weighted by Gasteiger charge is 2.46. The number of Topliss-reactive ketones (excluding diaryl/α,β-unsaturated/α-hetero) is 1. The van der Waals surface area contributed by atoms with Gasteiger partial charge in [-0.25, -0.2) is 0 Å². The first-order valence-corrected chi connectivity index (χ1v) is 5.55. The second kappa shape index (κ2) is 4.00. The van der Waals surface area contributed by atoms with Crippen LogP contribution in [-0.2, 0) is 4.79 Å². The second-order valence-electron chi connectivity index (χ2n) is 5.96. The van der Waals surface area contributed by atoms with Gasteiger partial charge in [0.2, 0.25) is 0 Å². The van der Waals surface area contributed by atoms with Crippen molar-refractivity contribution in [3.8, 4) is 12.3 Å². The largest absolute Gasteiger partial charge is 0.298 e. The van der Waals surface area contributed by atoms with Crippen LogP contribution in [0.3, 0.4) is 0 Å². The van der Waals surface area contributed by atoms with E-state index < -0.39 is 10.8 Å². The molecular weight excluding hydrogens is 184 g/mol. The Morgan fingerprint density at radius 2 is 1.53 bits per heavy atom. The van der Waals surface area contributed by atoms with Gasteiger partial charge >= 0.3 is 0 Å². The van der Waals surface area contributed by atoms with Gasteiger partial charge in [-0.15, -0.1) is 6.42 Å². The molecule has 0 N–H and O–H groups in total. The summed E-state index contributed by atoms with van der Waals surface area (Å²) in [5.41, 5.74) is -1.19. The minimum absolute atomic E-state index is 0.250. The lowest BCUT2D eigenvalue weighted by molar-refractivity contribution is -0.140. The predicted molar refractivity (Wildman–Crippen MR) is 65.5 cm³/mol. The number of ketones is 1. The Morgan fingerprint density at radius 3 is 1.80 bits per heavy atom. The van der Waals surface area contributed by atoms with Gasteiger partial charge in [0.15, 0.2) is 0 Å². The van der Waals surface area contributed by atoms with Gasteiger partial charge in [0.1, 0.15) is 5.78 Å². The molecule has 0 saturated heterocycles. The fourth-order valence-corrected chi connectivity index (χ4v) is 1.47. The van der Waals surface area contributed by atoms with E-state index in [1.54, 1.807) is 0 Å². The van der Waals surface area contributed by atoms with Crippen LogP contribution in [0, 0.1) is 28.6 Å². The normalized spacial score (nSPS) is 13.5. The third-order valence-electron chi connectivity index (χ3n) is 3.99. The van der Waals surface area contributed by atoms with Crippen molar-refractivity contribution in [2.24, 2.45) is 16.2 Å². The van der Waals surface area contributed by atoms with Gasteiger partial charge in [-0.1, -0.05) is 40.5 Å². The van der Waals surface area contributed by atoms with E-state index in [0.717, 1.165) is 6.42 Å². The molecule has 15 heavy (non-hydrogen) atoms. The lowest BCUT2D eigenvalue weighted by atomic mass is 9.60. The smallest absolute Gasteiger partial charge is 0.145 e. The minimum atomic E-state index is -0.485. The number of carbonyl (C=O) groups is 1. The van der Waals surface area contributed by atoms with E-state index in [4.69, 9.17) is 6.42 Å². The molecule has 0 unspecified atom stereocenters. The van der Waals surface area contributed by atoms with Crippen molar-refractivity contribution in [1.82, 2.24) is 0 Å². The maximum absolute atomic E-state index is 12.4. The predicted octanol–water partition coefficient (Wildman–Crippen LogP) is 3.68. The van der Waals surface area contributed by atoms with E-state index in [0.29, 0.717) is 0 Å². The summed E-state index contributed by atoms with van der Waals surface area (Å²) in [6.45, 7) is 13.8. The summed E-state index contributed by atoms with van der Waals surface area (Å²) >= 11 is 0. The van der Waals surface area contributed by atoms with Gasteiger partial charge in [-0.3, -0.25) is 4.79 Å². The molecule has 0 radical (unpaired) electrons. The summed E-state index contributed by atoms with van der Waals surface area (Å²) in [4.78, 5) is 12.4. The molecule has 1 heteroatoms. The molecule has 0 saturated carbocycles. The van der Waals surface area contributed by atoms with Crippen molar-refractivity contribution in [2.75, 3.05) is 0 Å². The summed E-state index contributed by atoms with van der Waals surface area (Å²) in [5.74, 6) is 2.99. The molecule has 0 heterocycles. The van der Waals surface area contributed by atoms with Gasteiger partial charge in [0.25, 0.3) is 0 Å². The third-order valence-corrected chi connectivity index (χ3v) is 3.99. The molecule has 1 nitrogen and oxygen atoms in total. The third kappa shape index (κ3) is 2.43. The van der Waals surface area contributed by atoms with Crippen LogP contribution in [-0.4, -0.2) is 5.78 Å². The molecule has 0 rings (SSSR count). The molecule has 0 aliphatic rings. The topological polar surface area (TPSA) is 17.1 Å². The first-order valence-electron chi connectivity index (χ1n) is 5.55. The van der Waals surface area contributed by atoms with Gasteiger partial charge in [-0.2, -0.15) is 0 Å². The Balaban J connectivity index is 5.26. The fraction of sp³-hybridized carbons (Fsp3) is 0.786. The first kappa shape index (κ1) is 14.2. The van der Waals surface area contributed by atoms with Crippen LogP contribution in [0.5, 0.6) is 0 Å². The zero-order chi connectivity index (χ0) is 12.5. The van der Waals surface area contributed by atoms with Gasteiger partial charge in [0, 0.05) is 16.2 Å². The monoisotopic (exact) mass is 208 g/mol. The quantitative estimate of drug-likeness (QED) is 0.644. The summed E-state index contributed by atoms with van der Waals surface area (Å²) in [5, 5.41) is 0. The maximum Gasteiger partial charge on any atom is 0.145 e. The molecule has 0 bridgehead atoms. The van der Waals surface area contributed by atoms with E-state index in [2.05, 4.69) is 5.92 Å². The highest BCUT2D eigenvalue weighted by atomic mass is 16.1. The highest BCUT2D eigenvalue weighted by molar-refractivity contribution is 5.90. The number of hydrogen-bond acceptors (Lipinski definition) is 1. The van der Waals surface area contributed by atoms with Gasteiger partial charge < -0.3 is 0 Å². The minimum Gasteiger partial charge on any atom is -0.298 e. The zero-order valence-corrected chi connectivity index (χ0v) is 11.2. The van der Waals surface area contributed by atoms with Crippen molar-refractivity contribution < 1.29 is 4.79 Å². The lowest BCUT2D eigenvalue weighted by Gasteiger charge is -2.41. The summed E-state index contributed by atoms with van der Waals surface area (Å²) in [6.07, 6.45) is 6.36. The van der Waals surface area contributed by atoms with E-state index in [9.17, 15) is 4.79 Å². The van der Waals surface area contributed by atoms with Crippen LogP contribution in [0.15, 0.2) is 0 Å². The van der Waals surface area contributed by atoms with Crippen LogP contribution in [0.2, 0.25) is 0 Å². The van der Waals surface area contributed by atoms with E-state index in [1.807, 2.05) is 48.5 Å². The molecule has 0 amide bonds. The van der Waals surface area contributed by atoms with Crippen molar-refractivity contribution in [3.63, 3.8) is 0 Å². The SMILES string of the molecule is C#CC(C)(C)C(C)(C)C(=O)C(C)(C)CC. The Labute approximate surface area is 94.6 Å². The molecular formula is C14H24O. The van der Waals surface area contributed by atoms with Crippen LogP contribution >= 0.6 is 0 Å². The number of hydrogen-bond donors (Lipinski definition) is 0. The van der Waals surface area contributed by atoms with Crippen molar-refractivity contribution >= 4 is 5.78 Å². The fourth-order valence-electron chi connectivity index (χ4n) is 1.47. The van der Waals surface area contributed by atoms with Crippen LogP contribution in [0.25, 0.3) is 0 Å². The standard InChI is InChI=1S/C14H24O/c1-9-12(3,4)11(15)14(7,8)13(5,6)10-2/h2H,9H2,1,3-8H3. The van der Waals surface area contributed by atoms with E-state index in [1.165, 1.54) is 0 Å². The van der Waals surface area contributed by atoms with Crippen LogP contribution in [0.1, 0.15) is 54.9 Å². The molecule has 0 aliphatic carbocycles. The molecule has 0 aliphatic heterocycles. The number of carbonyl (C=O) groups excluding carboxylic acids is 1.